The predicted molar refractivity (Wildman–Crippen MR) is 63.3 cm³/mol. The van der Waals surface area contributed by atoms with Gasteiger partial charge in [0, 0.05) is 5.56 Å². The SMILES string of the molecule is CCOP(=O)(Cc1cocc1C(C)=O)OCC. The zero-order chi connectivity index (χ0) is 12.9. The molecule has 0 saturated heterocycles. The summed E-state index contributed by atoms with van der Waals surface area (Å²) in [5, 5.41) is 0. The van der Waals surface area contributed by atoms with Gasteiger partial charge in [0.05, 0.1) is 31.2 Å². The van der Waals surface area contributed by atoms with Crippen LogP contribution in [0.1, 0.15) is 36.7 Å². The molecule has 1 heterocycles. The fourth-order valence-electron chi connectivity index (χ4n) is 1.49. The van der Waals surface area contributed by atoms with Crippen molar-refractivity contribution in [1.82, 2.24) is 0 Å². The van der Waals surface area contributed by atoms with E-state index >= 15 is 0 Å². The Balaban J connectivity index is 2.89. The Kier molecular flexibility index (Phi) is 5.12. The van der Waals surface area contributed by atoms with Crippen molar-refractivity contribution in [2.24, 2.45) is 0 Å². The Morgan fingerprint density at radius 1 is 1.29 bits per heavy atom. The topological polar surface area (TPSA) is 65.7 Å². The highest BCUT2D eigenvalue weighted by Crippen LogP contribution is 2.51. The first-order valence-corrected chi connectivity index (χ1v) is 7.19. The maximum absolute atomic E-state index is 12.3. The highest BCUT2D eigenvalue weighted by Gasteiger charge is 2.27. The fourth-order valence-corrected chi connectivity index (χ4v) is 3.19. The number of ketones is 1. The summed E-state index contributed by atoms with van der Waals surface area (Å²) in [6.07, 6.45) is 2.81. The van der Waals surface area contributed by atoms with Crippen molar-refractivity contribution < 1.29 is 22.8 Å². The molecular weight excluding hydrogens is 243 g/mol. The van der Waals surface area contributed by atoms with E-state index in [4.69, 9.17) is 13.5 Å². The molecule has 1 rings (SSSR count). The highest BCUT2D eigenvalue weighted by molar-refractivity contribution is 7.53. The van der Waals surface area contributed by atoms with Crippen molar-refractivity contribution in [3.8, 4) is 0 Å². The zero-order valence-corrected chi connectivity index (χ0v) is 11.2. The van der Waals surface area contributed by atoms with Crippen LogP contribution in [0, 0.1) is 0 Å². The first kappa shape index (κ1) is 14.2. The van der Waals surface area contributed by atoms with E-state index in [1.54, 1.807) is 13.8 Å². The Bertz CT molecular complexity index is 413. The summed E-state index contributed by atoms with van der Waals surface area (Å²) in [6.45, 7) is 5.51. The zero-order valence-electron chi connectivity index (χ0n) is 10.3. The van der Waals surface area contributed by atoms with Crippen molar-refractivity contribution in [3.63, 3.8) is 0 Å². The second-order valence-corrected chi connectivity index (χ2v) is 5.53. The maximum Gasteiger partial charge on any atom is 0.335 e. The lowest BCUT2D eigenvalue weighted by Gasteiger charge is -2.16. The lowest BCUT2D eigenvalue weighted by molar-refractivity contribution is 0.101. The molecule has 0 N–H and O–H groups in total. The van der Waals surface area contributed by atoms with Gasteiger partial charge in [0.25, 0.3) is 0 Å². The Labute approximate surface area is 101 Å². The number of carbonyl (C=O) groups excluding carboxylic acids is 1. The minimum absolute atomic E-state index is 0.0556. The maximum atomic E-state index is 12.3. The average Bonchev–Trinajstić information content (AvgIpc) is 2.66. The van der Waals surface area contributed by atoms with E-state index in [0.29, 0.717) is 24.3 Å². The Morgan fingerprint density at radius 2 is 1.88 bits per heavy atom. The third-order valence-electron chi connectivity index (χ3n) is 2.14. The molecule has 0 bridgehead atoms. The number of rotatable bonds is 7. The van der Waals surface area contributed by atoms with Crippen LogP contribution in [0.3, 0.4) is 0 Å². The lowest BCUT2D eigenvalue weighted by atomic mass is 10.1. The van der Waals surface area contributed by atoms with Crippen LogP contribution in [0.15, 0.2) is 16.9 Å². The molecule has 1 aromatic rings. The molecule has 0 aliphatic heterocycles. The molecule has 6 heteroatoms. The Hall–Kier alpha value is -0.900. The predicted octanol–water partition coefficient (Wildman–Crippen LogP) is 3.25. The van der Waals surface area contributed by atoms with Gasteiger partial charge < -0.3 is 13.5 Å². The van der Waals surface area contributed by atoms with Crippen LogP contribution in [0.5, 0.6) is 0 Å². The third kappa shape index (κ3) is 3.80. The van der Waals surface area contributed by atoms with E-state index in [-0.39, 0.29) is 11.9 Å². The smallest absolute Gasteiger partial charge is 0.335 e. The van der Waals surface area contributed by atoms with Crippen molar-refractivity contribution in [1.29, 1.82) is 0 Å². The summed E-state index contributed by atoms with van der Waals surface area (Å²) >= 11 is 0. The molecular formula is C11H17O5P. The molecule has 0 spiro atoms. The minimum atomic E-state index is -3.19. The van der Waals surface area contributed by atoms with Crippen molar-refractivity contribution in [2.45, 2.75) is 26.9 Å². The van der Waals surface area contributed by atoms with Gasteiger partial charge in [-0.2, -0.15) is 0 Å². The van der Waals surface area contributed by atoms with E-state index < -0.39 is 7.60 Å². The quantitative estimate of drug-likeness (QED) is 0.556. The molecule has 0 fully saturated rings. The monoisotopic (exact) mass is 260 g/mol. The second kappa shape index (κ2) is 6.15. The molecule has 0 amide bonds. The van der Waals surface area contributed by atoms with E-state index in [1.807, 2.05) is 0 Å². The average molecular weight is 260 g/mol. The van der Waals surface area contributed by atoms with Crippen LogP contribution < -0.4 is 0 Å². The molecule has 0 unspecified atom stereocenters. The van der Waals surface area contributed by atoms with Crippen LogP contribution in [0.25, 0.3) is 0 Å². The fraction of sp³-hybridized carbons (Fsp3) is 0.545. The first-order chi connectivity index (χ1) is 8.02. The van der Waals surface area contributed by atoms with Crippen LogP contribution in [-0.2, 0) is 19.8 Å². The van der Waals surface area contributed by atoms with Crippen molar-refractivity contribution >= 4 is 13.4 Å². The number of Topliss-reactive ketones (excluding diaryl/α,β-unsaturated/α-hetero) is 1. The molecule has 1 aromatic heterocycles. The number of hydrogen-bond acceptors (Lipinski definition) is 5. The molecule has 0 aromatic carbocycles. The summed E-state index contributed by atoms with van der Waals surface area (Å²) in [5.41, 5.74) is 0.979. The van der Waals surface area contributed by atoms with Gasteiger partial charge in [-0.1, -0.05) is 0 Å². The van der Waals surface area contributed by atoms with Crippen molar-refractivity contribution in [3.05, 3.63) is 23.7 Å². The lowest BCUT2D eigenvalue weighted by Crippen LogP contribution is -2.01. The van der Waals surface area contributed by atoms with Gasteiger partial charge in [-0.05, 0) is 20.8 Å². The molecule has 0 aliphatic rings. The van der Waals surface area contributed by atoms with Gasteiger partial charge in [-0.15, -0.1) is 0 Å². The molecule has 17 heavy (non-hydrogen) atoms. The number of hydrogen-bond donors (Lipinski definition) is 0. The first-order valence-electron chi connectivity index (χ1n) is 5.46. The van der Waals surface area contributed by atoms with Gasteiger partial charge in [-0.3, -0.25) is 9.36 Å². The summed E-state index contributed by atoms with van der Waals surface area (Å²) in [4.78, 5) is 11.3. The normalized spacial score (nSPS) is 11.7. The van der Waals surface area contributed by atoms with E-state index in [0.717, 1.165) is 0 Å². The summed E-state index contributed by atoms with van der Waals surface area (Å²) in [7, 11) is -3.19. The van der Waals surface area contributed by atoms with Gasteiger partial charge >= 0.3 is 7.60 Å². The van der Waals surface area contributed by atoms with Crippen LogP contribution in [0.2, 0.25) is 0 Å². The van der Waals surface area contributed by atoms with E-state index in [1.165, 1.54) is 19.5 Å². The molecule has 0 atom stereocenters. The van der Waals surface area contributed by atoms with Gasteiger partial charge in [0.15, 0.2) is 5.78 Å². The summed E-state index contributed by atoms with van der Waals surface area (Å²) in [6, 6.07) is 0. The second-order valence-electron chi connectivity index (χ2n) is 3.47. The molecule has 0 radical (unpaired) electrons. The standard InChI is InChI=1S/C11H17O5P/c1-4-15-17(13,16-5-2)8-10-6-14-7-11(10)9(3)12/h6-7H,4-5,8H2,1-3H3. The van der Waals surface area contributed by atoms with Crippen LogP contribution >= 0.6 is 7.60 Å². The van der Waals surface area contributed by atoms with E-state index in [2.05, 4.69) is 0 Å². The van der Waals surface area contributed by atoms with Gasteiger partial charge in [0.1, 0.15) is 6.26 Å². The van der Waals surface area contributed by atoms with E-state index in [9.17, 15) is 9.36 Å². The Morgan fingerprint density at radius 3 is 2.35 bits per heavy atom. The van der Waals surface area contributed by atoms with Crippen LogP contribution in [0.4, 0.5) is 0 Å². The third-order valence-corrected chi connectivity index (χ3v) is 4.17. The summed E-state index contributed by atoms with van der Waals surface area (Å²) < 4.78 is 27.5. The minimum Gasteiger partial charge on any atom is -0.472 e. The molecule has 0 aliphatic carbocycles. The largest absolute Gasteiger partial charge is 0.472 e. The molecule has 96 valence electrons. The number of furan rings is 1. The van der Waals surface area contributed by atoms with Crippen molar-refractivity contribution in [2.75, 3.05) is 13.2 Å². The van der Waals surface area contributed by atoms with Crippen LogP contribution in [-0.4, -0.2) is 19.0 Å². The highest BCUT2D eigenvalue weighted by atomic mass is 31.2. The van der Waals surface area contributed by atoms with Gasteiger partial charge in [-0.25, -0.2) is 0 Å². The molecule has 5 nitrogen and oxygen atoms in total. The number of carbonyl (C=O) groups is 1. The van der Waals surface area contributed by atoms with Gasteiger partial charge in [0.2, 0.25) is 0 Å². The summed E-state index contributed by atoms with van der Waals surface area (Å²) in [5.74, 6) is -0.131. The molecule has 0 saturated carbocycles.